The molecule has 0 radical (unpaired) electrons. The van der Waals surface area contributed by atoms with Crippen molar-refractivity contribution in [2.75, 3.05) is 5.32 Å². The zero-order chi connectivity index (χ0) is 18.6. The maximum atomic E-state index is 13.3. The van der Waals surface area contributed by atoms with Gasteiger partial charge in [-0.15, -0.1) is 0 Å². The topological polar surface area (TPSA) is 83.6 Å². The molecule has 3 aromatic heterocycles. The first-order valence-electron chi connectivity index (χ1n) is 8.18. The number of rotatable bonds is 4. The number of carbonyl (C=O) groups excluding carboxylic acids is 1. The standard InChI is InChI=1S/C20H14FN5O/c21-16-3-1-14(2-4-16)18-17(13-5-9-22-10-6-13)19(26-25-18)24-20(27)15-7-11-23-12-8-15/h1-12H,(H2,24,25,26,27). The van der Waals surface area contributed by atoms with Crippen molar-refractivity contribution >= 4 is 11.7 Å². The van der Waals surface area contributed by atoms with Crippen molar-refractivity contribution in [1.82, 2.24) is 20.2 Å². The van der Waals surface area contributed by atoms with Crippen LogP contribution in [0.3, 0.4) is 0 Å². The Labute approximate surface area is 154 Å². The third kappa shape index (κ3) is 3.43. The predicted molar refractivity (Wildman–Crippen MR) is 99.4 cm³/mol. The number of halogens is 1. The largest absolute Gasteiger partial charge is 0.305 e. The van der Waals surface area contributed by atoms with E-state index in [0.29, 0.717) is 22.6 Å². The van der Waals surface area contributed by atoms with E-state index < -0.39 is 0 Å². The van der Waals surface area contributed by atoms with Gasteiger partial charge in [0.05, 0.1) is 11.3 Å². The molecule has 4 rings (SSSR count). The van der Waals surface area contributed by atoms with Gasteiger partial charge in [0.1, 0.15) is 5.82 Å². The highest BCUT2D eigenvalue weighted by Gasteiger charge is 2.19. The van der Waals surface area contributed by atoms with Gasteiger partial charge in [-0.05, 0) is 54.1 Å². The van der Waals surface area contributed by atoms with E-state index in [1.165, 1.54) is 12.1 Å². The maximum Gasteiger partial charge on any atom is 0.256 e. The van der Waals surface area contributed by atoms with Crippen molar-refractivity contribution in [1.29, 1.82) is 0 Å². The Hall–Kier alpha value is -3.87. The van der Waals surface area contributed by atoms with Gasteiger partial charge >= 0.3 is 0 Å². The Kier molecular flexibility index (Phi) is 4.40. The summed E-state index contributed by atoms with van der Waals surface area (Å²) in [4.78, 5) is 20.5. The molecule has 6 nitrogen and oxygen atoms in total. The fourth-order valence-corrected chi connectivity index (χ4v) is 2.74. The Balaban J connectivity index is 1.78. The zero-order valence-corrected chi connectivity index (χ0v) is 14.1. The van der Waals surface area contributed by atoms with E-state index in [9.17, 15) is 9.18 Å². The predicted octanol–water partition coefficient (Wildman–Crippen LogP) is 3.93. The van der Waals surface area contributed by atoms with Gasteiger partial charge in [0, 0.05) is 35.9 Å². The van der Waals surface area contributed by atoms with E-state index >= 15 is 0 Å². The van der Waals surface area contributed by atoms with E-state index in [2.05, 4.69) is 25.5 Å². The van der Waals surface area contributed by atoms with Crippen LogP contribution in [0.4, 0.5) is 10.2 Å². The molecule has 4 aromatic rings. The van der Waals surface area contributed by atoms with Crippen molar-refractivity contribution in [2.45, 2.75) is 0 Å². The lowest BCUT2D eigenvalue weighted by Crippen LogP contribution is -2.12. The summed E-state index contributed by atoms with van der Waals surface area (Å²) >= 11 is 0. The minimum atomic E-state index is -0.324. The number of hydrogen-bond donors (Lipinski definition) is 2. The van der Waals surface area contributed by atoms with Crippen LogP contribution < -0.4 is 5.32 Å². The molecule has 2 N–H and O–H groups in total. The number of aromatic nitrogens is 4. The van der Waals surface area contributed by atoms with Gasteiger partial charge in [-0.3, -0.25) is 19.9 Å². The number of pyridine rings is 2. The summed E-state index contributed by atoms with van der Waals surface area (Å²) in [5.41, 5.74) is 3.41. The number of carbonyl (C=O) groups is 1. The number of amides is 1. The number of anilines is 1. The Bertz CT molecular complexity index is 1060. The van der Waals surface area contributed by atoms with E-state index in [0.717, 1.165) is 11.1 Å². The molecule has 0 saturated carbocycles. The van der Waals surface area contributed by atoms with Crippen molar-refractivity contribution in [2.24, 2.45) is 0 Å². The van der Waals surface area contributed by atoms with Crippen LogP contribution in [0, 0.1) is 5.82 Å². The highest BCUT2D eigenvalue weighted by atomic mass is 19.1. The van der Waals surface area contributed by atoms with Gasteiger partial charge in [-0.25, -0.2) is 4.39 Å². The summed E-state index contributed by atoms with van der Waals surface area (Å²) in [7, 11) is 0. The second kappa shape index (κ2) is 7.17. The van der Waals surface area contributed by atoms with Crippen LogP contribution in [0.5, 0.6) is 0 Å². The summed E-state index contributed by atoms with van der Waals surface area (Å²) in [6.07, 6.45) is 6.41. The minimum absolute atomic E-state index is 0.301. The fourth-order valence-electron chi connectivity index (χ4n) is 2.74. The van der Waals surface area contributed by atoms with Gasteiger partial charge in [0.25, 0.3) is 5.91 Å². The third-order valence-electron chi connectivity index (χ3n) is 4.04. The highest BCUT2D eigenvalue weighted by molar-refractivity contribution is 6.06. The van der Waals surface area contributed by atoms with Crippen LogP contribution in [0.1, 0.15) is 10.4 Å². The molecule has 0 atom stereocenters. The number of H-pyrrole nitrogens is 1. The van der Waals surface area contributed by atoms with Crippen LogP contribution in [-0.4, -0.2) is 26.1 Å². The number of aromatic amines is 1. The molecule has 1 aromatic carbocycles. The zero-order valence-electron chi connectivity index (χ0n) is 14.1. The maximum absolute atomic E-state index is 13.3. The lowest BCUT2D eigenvalue weighted by atomic mass is 10.0. The van der Waals surface area contributed by atoms with E-state index in [-0.39, 0.29) is 11.7 Å². The molecule has 3 heterocycles. The SMILES string of the molecule is O=C(Nc1n[nH]c(-c2ccc(F)cc2)c1-c1ccncc1)c1ccncc1. The highest BCUT2D eigenvalue weighted by Crippen LogP contribution is 2.36. The molecule has 7 heteroatoms. The molecule has 1 amide bonds. The first kappa shape index (κ1) is 16.6. The molecule has 0 aliphatic heterocycles. The third-order valence-corrected chi connectivity index (χ3v) is 4.04. The summed E-state index contributed by atoms with van der Waals surface area (Å²) in [5, 5.41) is 10.0. The van der Waals surface area contributed by atoms with Gasteiger partial charge in [0.2, 0.25) is 0 Å². The number of benzene rings is 1. The molecule has 0 fully saturated rings. The van der Waals surface area contributed by atoms with Crippen LogP contribution in [0.25, 0.3) is 22.4 Å². The molecule has 132 valence electrons. The average Bonchev–Trinajstić information content (AvgIpc) is 3.13. The summed E-state index contributed by atoms with van der Waals surface area (Å²) in [6, 6.07) is 12.9. The second-order valence-corrected chi connectivity index (χ2v) is 5.76. The Morgan fingerprint density at radius 1 is 0.852 bits per heavy atom. The van der Waals surface area contributed by atoms with Crippen LogP contribution in [0.2, 0.25) is 0 Å². The molecule has 0 saturated heterocycles. The lowest BCUT2D eigenvalue weighted by Gasteiger charge is -2.08. The molecule has 0 aliphatic carbocycles. The first-order valence-corrected chi connectivity index (χ1v) is 8.18. The van der Waals surface area contributed by atoms with Crippen LogP contribution in [0.15, 0.2) is 73.3 Å². The fraction of sp³-hybridized carbons (Fsp3) is 0. The molecular formula is C20H14FN5O. The van der Waals surface area contributed by atoms with Gasteiger partial charge in [0.15, 0.2) is 5.82 Å². The molecule has 0 bridgehead atoms. The summed E-state index contributed by atoms with van der Waals surface area (Å²) < 4.78 is 13.3. The van der Waals surface area contributed by atoms with Gasteiger partial charge in [-0.1, -0.05) is 0 Å². The van der Waals surface area contributed by atoms with Gasteiger partial charge < -0.3 is 5.32 Å². The smallest absolute Gasteiger partial charge is 0.256 e. The van der Waals surface area contributed by atoms with Crippen LogP contribution in [-0.2, 0) is 0 Å². The quantitative estimate of drug-likeness (QED) is 0.578. The molecule has 0 unspecified atom stereocenters. The second-order valence-electron chi connectivity index (χ2n) is 5.76. The van der Waals surface area contributed by atoms with Crippen molar-refractivity contribution in [3.63, 3.8) is 0 Å². The van der Waals surface area contributed by atoms with Crippen molar-refractivity contribution in [3.8, 4) is 22.4 Å². The van der Waals surface area contributed by atoms with Gasteiger partial charge in [-0.2, -0.15) is 5.10 Å². The van der Waals surface area contributed by atoms with Crippen LogP contribution >= 0.6 is 0 Å². The number of nitrogens with zero attached hydrogens (tertiary/aromatic N) is 3. The van der Waals surface area contributed by atoms with Crippen molar-refractivity contribution in [3.05, 3.63) is 84.7 Å². The molecule has 0 aliphatic rings. The van der Waals surface area contributed by atoms with Crippen molar-refractivity contribution < 1.29 is 9.18 Å². The first-order chi connectivity index (χ1) is 13.2. The average molecular weight is 359 g/mol. The number of hydrogen-bond acceptors (Lipinski definition) is 4. The Morgan fingerprint density at radius 2 is 1.48 bits per heavy atom. The monoisotopic (exact) mass is 359 g/mol. The lowest BCUT2D eigenvalue weighted by molar-refractivity contribution is 0.102. The number of nitrogens with one attached hydrogen (secondary N) is 2. The molecular weight excluding hydrogens is 345 g/mol. The molecule has 0 spiro atoms. The van der Waals surface area contributed by atoms with E-state index in [4.69, 9.17) is 0 Å². The normalized spacial score (nSPS) is 10.6. The van der Waals surface area contributed by atoms with E-state index in [1.54, 1.807) is 49.1 Å². The molecule has 27 heavy (non-hydrogen) atoms. The van der Waals surface area contributed by atoms with E-state index in [1.807, 2.05) is 12.1 Å². The summed E-state index contributed by atoms with van der Waals surface area (Å²) in [5.74, 6) is -0.248. The summed E-state index contributed by atoms with van der Waals surface area (Å²) in [6.45, 7) is 0. The minimum Gasteiger partial charge on any atom is -0.305 e. The Morgan fingerprint density at radius 3 is 2.15 bits per heavy atom.